The summed E-state index contributed by atoms with van der Waals surface area (Å²) in [6.45, 7) is 2.77. The molecule has 2 rings (SSSR count). The number of carbonyl (C=O) groups excluding carboxylic acids is 1. The number of aromatic nitrogens is 1. The van der Waals surface area contributed by atoms with Gasteiger partial charge in [-0.25, -0.2) is 4.98 Å². The summed E-state index contributed by atoms with van der Waals surface area (Å²) in [5, 5.41) is 0.535. The zero-order chi connectivity index (χ0) is 14.5. The Morgan fingerprint density at radius 3 is 3.00 bits per heavy atom. The molecule has 20 heavy (non-hydrogen) atoms. The SMILES string of the molecule is CN(C)CC[C@H]1CN(C(=O)c2ccc(Cl)cn2)CCO1. The minimum atomic E-state index is -0.0557. The van der Waals surface area contributed by atoms with Gasteiger partial charge in [-0.05, 0) is 32.6 Å². The Bertz CT molecular complexity index is 450. The molecule has 0 aliphatic carbocycles. The molecule has 110 valence electrons. The highest BCUT2D eigenvalue weighted by molar-refractivity contribution is 6.30. The highest BCUT2D eigenvalue weighted by atomic mass is 35.5. The van der Waals surface area contributed by atoms with Crippen LogP contribution in [0.25, 0.3) is 0 Å². The van der Waals surface area contributed by atoms with Crippen LogP contribution in [0, 0.1) is 0 Å². The summed E-state index contributed by atoms with van der Waals surface area (Å²) in [6.07, 6.45) is 2.52. The lowest BCUT2D eigenvalue weighted by Crippen LogP contribution is -2.46. The predicted octanol–water partition coefficient (Wildman–Crippen LogP) is 1.53. The van der Waals surface area contributed by atoms with Gasteiger partial charge in [0.15, 0.2) is 0 Å². The van der Waals surface area contributed by atoms with Crippen molar-refractivity contribution in [3.63, 3.8) is 0 Å². The lowest BCUT2D eigenvalue weighted by molar-refractivity contribution is -0.0271. The largest absolute Gasteiger partial charge is 0.374 e. The maximum Gasteiger partial charge on any atom is 0.272 e. The fourth-order valence-electron chi connectivity index (χ4n) is 2.14. The molecular formula is C14H20ClN3O2. The Balaban J connectivity index is 1.94. The van der Waals surface area contributed by atoms with Crippen LogP contribution in [-0.4, -0.2) is 67.1 Å². The van der Waals surface area contributed by atoms with Crippen molar-refractivity contribution < 1.29 is 9.53 Å². The van der Waals surface area contributed by atoms with Gasteiger partial charge in [-0.3, -0.25) is 4.79 Å². The number of nitrogens with zero attached hydrogens (tertiary/aromatic N) is 3. The Labute approximate surface area is 124 Å². The quantitative estimate of drug-likeness (QED) is 0.845. The molecule has 1 aromatic rings. The molecule has 1 aliphatic heterocycles. The number of hydrogen-bond acceptors (Lipinski definition) is 4. The Morgan fingerprint density at radius 1 is 1.55 bits per heavy atom. The molecule has 0 spiro atoms. The standard InChI is InChI=1S/C14H20ClN3O2/c1-17(2)6-5-12-10-18(7-8-20-12)14(19)13-4-3-11(15)9-16-13/h3-4,9,12H,5-8,10H2,1-2H3/t12-/m0/s1. The Morgan fingerprint density at radius 2 is 2.35 bits per heavy atom. The van der Waals surface area contributed by atoms with Crippen molar-refractivity contribution in [2.75, 3.05) is 40.3 Å². The van der Waals surface area contributed by atoms with Gasteiger partial charge in [0.1, 0.15) is 5.69 Å². The number of pyridine rings is 1. The molecule has 0 aromatic carbocycles. The zero-order valence-electron chi connectivity index (χ0n) is 11.9. The maximum atomic E-state index is 12.3. The summed E-state index contributed by atoms with van der Waals surface area (Å²) in [5.74, 6) is -0.0557. The van der Waals surface area contributed by atoms with Crippen molar-refractivity contribution in [2.45, 2.75) is 12.5 Å². The Kier molecular flexibility index (Phi) is 5.34. The van der Waals surface area contributed by atoms with Crippen LogP contribution in [0.15, 0.2) is 18.3 Å². The van der Waals surface area contributed by atoms with Gasteiger partial charge in [-0.15, -0.1) is 0 Å². The van der Waals surface area contributed by atoms with Gasteiger partial charge < -0.3 is 14.5 Å². The van der Waals surface area contributed by atoms with Crippen LogP contribution in [0.5, 0.6) is 0 Å². The van der Waals surface area contributed by atoms with E-state index in [-0.39, 0.29) is 12.0 Å². The van der Waals surface area contributed by atoms with Crippen molar-refractivity contribution in [1.82, 2.24) is 14.8 Å². The van der Waals surface area contributed by atoms with Crippen LogP contribution in [-0.2, 0) is 4.74 Å². The number of ether oxygens (including phenoxy) is 1. The third-order valence-electron chi connectivity index (χ3n) is 3.27. The fourth-order valence-corrected chi connectivity index (χ4v) is 2.26. The van der Waals surface area contributed by atoms with Gasteiger partial charge in [0.05, 0.1) is 17.7 Å². The summed E-state index contributed by atoms with van der Waals surface area (Å²) in [7, 11) is 4.06. The third-order valence-corrected chi connectivity index (χ3v) is 3.49. The van der Waals surface area contributed by atoms with Crippen molar-refractivity contribution in [1.29, 1.82) is 0 Å². The number of amides is 1. The number of rotatable bonds is 4. The molecule has 0 bridgehead atoms. The summed E-state index contributed by atoms with van der Waals surface area (Å²) < 4.78 is 5.70. The summed E-state index contributed by atoms with van der Waals surface area (Å²) in [4.78, 5) is 20.4. The average Bonchev–Trinajstić information content (AvgIpc) is 2.45. The second-order valence-corrected chi connectivity index (χ2v) is 5.63. The van der Waals surface area contributed by atoms with Gasteiger partial charge in [0.2, 0.25) is 0 Å². The fraction of sp³-hybridized carbons (Fsp3) is 0.571. The van der Waals surface area contributed by atoms with Crippen LogP contribution >= 0.6 is 11.6 Å². The summed E-state index contributed by atoms with van der Waals surface area (Å²) in [5.41, 5.74) is 0.433. The molecule has 0 radical (unpaired) electrons. The van der Waals surface area contributed by atoms with Crippen LogP contribution < -0.4 is 0 Å². The second kappa shape index (κ2) is 7.02. The molecule has 0 unspecified atom stereocenters. The van der Waals surface area contributed by atoms with Gasteiger partial charge in [-0.1, -0.05) is 11.6 Å². The molecule has 1 fully saturated rings. The summed E-state index contributed by atoms with van der Waals surface area (Å²) in [6, 6.07) is 3.35. The highest BCUT2D eigenvalue weighted by Crippen LogP contribution is 2.13. The number of hydrogen-bond donors (Lipinski definition) is 0. The molecule has 1 aliphatic rings. The molecule has 1 atom stereocenters. The molecule has 5 nitrogen and oxygen atoms in total. The first kappa shape index (κ1) is 15.2. The smallest absolute Gasteiger partial charge is 0.272 e. The highest BCUT2D eigenvalue weighted by Gasteiger charge is 2.25. The number of morpholine rings is 1. The first-order valence-electron chi connectivity index (χ1n) is 6.73. The van der Waals surface area contributed by atoms with E-state index in [1.165, 1.54) is 6.20 Å². The first-order chi connectivity index (χ1) is 9.56. The summed E-state index contributed by atoms with van der Waals surface area (Å²) >= 11 is 5.78. The van der Waals surface area contributed by atoms with E-state index in [1.807, 2.05) is 14.1 Å². The third kappa shape index (κ3) is 4.16. The second-order valence-electron chi connectivity index (χ2n) is 5.20. The molecule has 0 saturated carbocycles. The molecular weight excluding hydrogens is 278 g/mol. The van der Waals surface area contributed by atoms with E-state index >= 15 is 0 Å². The normalized spacial score (nSPS) is 19.4. The molecule has 2 heterocycles. The maximum absolute atomic E-state index is 12.3. The molecule has 0 N–H and O–H groups in total. The van der Waals surface area contributed by atoms with E-state index in [1.54, 1.807) is 17.0 Å². The van der Waals surface area contributed by atoms with E-state index < -0.39 is 0 Å². The minimum absolute atomic E-state index is 0.0557. The van der Waals surface area contributed by atoms with Gasteiger partial charge in [0, 0.05) is 25.8 Å². The zero-order valence-corrected chi connectivity index (χ0v) is 12.6. The minimum Gasteiger partial charge on any atom is -0.374 e. The number of halogens is 1. The van der Waals surface area contributed by atoms with E-state index in [0.717, 1.165) is 13.0 Å². The molecule has 1 saturated heterocycles. The monoisotopic (exact) mass is 297 g/mol. The lowest BCUT2D eigenvalue weighted by Gasteiger charge is -2.33. The van der Waals surface area contributed by atoms with Crippen molar-refractivity contribution in [2.24, 2.45) is 0 Å². The topological polar surface area (TPSA) is 45.7 Å². The van der Waals surface area contributed by atoms with Crippen LogP contribution in [0.4, 0.5) is 0 Å². The molecule has 1 amide bonds. The van der Waals surface area contributed by atoms with Crippen molar-refractivity contribution in [3.8, 4) is 0 Å². The van der Waals surface area contributed by atoms with Gasteiger partial charge in [0.25, 0.3) is 5.91 Å². The van der Waals surface area contributed by atoms with Gasteiger partial charge in [-0.2, -0.15) is 0 Å². The predicted molar refractivity (Wildman–Crippen MR) is 78.1 cm³/mol. The van der Waals surface area contributed by atoms with Crippen LogP contribution in [0.2, 0.25) is 5.02 Å². The van der Waals surface area contributed by atoms with E-state index in [9.17, 15) is 4.79 Å². The van der Waals surface area contributed by atoms with Crippen molar-refractivity contribution in [3.05, 3.63) is 29.0 Å². The van der Waals surface area contributed by atoms with Crippen LogP contribution in [0.1, 0.15) is 16.9 Å². The van der Waals surface area contributed by atoms with Crippen LogP contribution in [0.3, 0.4) is 0 Å². The van der Waals surface area contributed by atoms with Gasteiger partial charge >= 0.3 is 0 Å². The molecule has 1 aromatic heterocycles. The first-order valence-corrected chi connectivity index (χ1v) is 7.11. The number of carbonyl (C=O) groups is 1. The van der Waals surface area contributed by atoms with E-state index in [2.05, 4.69) is 9.88 Å². The average molecular weight is 298 g/mol. The van der Waals surface area contributed by atoms with E-state index in [0.29, 0.717) is 30.4 Å². The molecule has 6 heteroatoms. The Hall–Kier alpha value is -1.17. The van der Waals surface area contributed by atoms with E-state index in [4.69, 9.17) is 16.3 Å². The lowest BCUT2D eigenvalue weighted by atomic mass is 10.2. The van der Waals surface area contributed by atoms with Crippen molar-refractivity contribution >= 4 is 17.5 Å².